The molecule has 0 saturated heterocycles. The number of nitrogens with zero attached hydrogens (tertiary/aromatic N) is 1. The molecule has 1 aliphatic rings. The molecule has 2 nitrogen and oxygen atoms in total. The van der Waals surface area contributed by atoms with Crippen LogP contribution in [0.25, 0.3) is 0 Å². The second-order valence-corrected chi connectivity index (χ2v) is 4.64. The highest BCUT2D eigenvalue weighted by Gasteiger charge is 2.20. The number of hydrogen-bond acceptors (Lipinski definition) is 2. The maximum Gasteiger partial charge on any atom is 0.0416 e. The van der Waals surface area contributed by atoms with Crippen molar-refractivity contribution in [3.8, 4) is 0 Å². The van der Waals surface area contributed by atoms with E-state index in [2.05, 4.69) is 29.4 Å². The summed E-state index contributed by atoms with van der Waals surface area (Å²) in [7, 11) is 0. The Hall–Kier alpha value is -0.890. The van der Waals surface area contributed by atoms with E-state index in [9.17, 15) is 0 Å². The van der Waals surface area contributed by atoms with E-state index >= 15 is 0 Å². The predicted molar refractivity (Wildman–Crippen MR) is 62.7 cm³/mol. The Morgan fingerprint density at radius 1 is 1.40 bits per heavy atom. The molecule has 82 valence electrons. The van der Waals surface area contributed by atoms with Crippen molar-refractivity contribution < 1.29 is 0 Å². The van der Waals surface area contributed by atoms with Crippen molar-refractivity contribution in [1.29, 1.82) is 0 Å². The zero-order valence-corrected chi connectivity index (χ0v) is 9.45. The molecule has 2 rings (SSSR count). The molecule has 1 aliphatic carbocycles. The molecule has 2 atom stereocenters. The molecular weight excluding hydrogens is 184 g/mol. The molecule has 0 spiro atoms. The van der Waals surface area contributed by atoms with E-state index in [0.29, 0.717) is 0 Å². The summed E-state index contributed by atoms with van der Waals surface area (Å²) in [5.41, 5.74) is 1.19. The lowest BCUT2D eigenvalue weighted by atomic mass is 10.1. The summed E-state index contributed by atoms with van der Waals surface area (Å²) in [6, 6.07) is 6.87. The molecule has 1 saturated carbocycles. The summed E-state index contributed by atoms with van der Waals surface area (Å²) < 4.78 is 0. The predicted octanol–water partition coefficient (Wildman–Crippen LogP) is 2.40. The highest BCUT2D eigenvalue weighted by molar-refractivity contribution is 5.03. The first kappa shape index (κ1) is 10.6. The van der Waals surface area contributed by atoms with Crippen LogP contribution in [-0.4, -0.2) is 17.6 Å². The molecule has 1 aromatic heterocycles. The van der Waals surface area contributed by atoms with Crippen LogP contribution in [0.5, 0.6) is 0 Å². The first-order valence-corrected chi connectivity index (χ1v) is 5.98. The average Bonchev–Trinajstić information content (AvgIpc) is 2.66. The fourth-order valence-electron chi connectivity index (χ4n) is 2.34. The molecule has 15 heavy (non-hydrogen) atoms. The number of aromatic nitrogens is 1. The monoisotopic (exact) mass is 204 g/mol. The lowest BCUT2D eigenvalue weighted by Crippen LogP contribution is -2.28. The molecule has 1 N–H and O–H groups in total. The minimum atomic E-state index is 0.753. The summed E-state index contributed by atoms with van der Waals surface area (Å²) in [5.74, 6) is 0.914. The van der Waals surface area contributed by atoms with Gasteiger partial charge in [-0.25, -0.2) is 0 Å². The third-order valence-corrected chi connectivity index (χ3v) is 3.24. The fraction of sp³-hybridized carbons (Fsp3) is 0.615. The standard InChI is InChI=1S/C13H20N2/c1-11-5-6-13(10-11)15-9-7-12-4-2-3-8-14-12/h2-4,8,11,13,15H,5-7,9-10H2,1H3/t11-,13-/m1/s1. The van der Waals surface area contributed by atoms with Crippen molar-refractivity contribution in [1.82, 2.24) is 10.3 Å². The van der Waals surface area contributed by atoms with Gasteiger partial charge < -0.3 is 5.32 Å². The van der Waals surface area contributed by atoms with Crippen molar-refractivity contribution in [3.05, 3.63) is 30.1 Å². The van der Waals surface area contributed by atoms with Gasteiger partial charge in [-0.2, -0.15) is 0 Å². The van der Waals surface area contributed by atoms with Crippen LogP contribution >= 0.6 is 0 Å². The van der Waals surface area contributed by atoms with Gasteiger partial charge in [-0.3, -0.25) is 4.98 Å². The molecule has 0 aliphatic heterocycles. The summed E-state index contributed by atoms with van der Waals surface area (Å²) in [6.07, 6.45) is 7.01. The van der Waals surface area contributed by atoms with Gasteiger partial charge in [0.1, 0.15) is 0 Å². The van der Waals surface area contributed by atoms with Crippen LogP contribution in [0.4, 0.5) is 0 Å². The maximum atomic E-state index is 4.32. The molecule has 0 amide bonds. The zero-order chi connectivity index (χ0) is 10.5. The van der Waals surface area contributed by atoms with Gasteiger partial charge in [-0.1, -0.05) is 13.0 Å². The van der Waals surface area contributed by atoms with Crippen molar-refractivity contribution in [3.63, 3.8) is 0 Å². The molecule has 0 radical (unpaired) electrons. The number of rotatable bonds is 4. The lowest BCUT2D eigenvalue weighted by Gasteiger charge is -2.11. The van der Waals surface area contributed by atoms with E-state index in [1.165, 1.54) is 25.0 Å². The van der Waals surface area contributed by atoms with E-state index in [1.54, 1.807) is 0 Å². The third-order valence-electron chi connectivity index (χ3n) is 3.24. The largest absolute Gasteiger partial charge is 0.314 e. The van der Waals surface area contributed by atoms with Crippen LogP contribution in [0.15, 0.2) is 24.4 Å². The fourth-order valence-corrected chi connectivity index (χ4v) is 2.34. The molecule has 2 heteroatoms. The van der Waals surface area contributed by atoms with Crippen LogP contribution in [-0.2, 0) is 6.42 Å². The first-order valence-electron chi connectivity index (χ1n) is 5.98. The molecule has 0 aromatic carbocycles. The van der Waals surface area contributed by atoms with Crippen LogP contribution in [0.3, 0.4) is 0 Å². The van der Waals surface area contributed by atoms with Gasteiger partial charge in [-0.05, 0) is 37.3 Å². The second kappa shape index (κ2) is 5.26. The highest BCUT2D eigenvalue weighted by Crippen LogP contribution is 2.24. The smallest absolute Gasteiger partial charge is 0.0416 e. The van der Waals surface area contributed by atoms with Gasteiger partial charge in [0.15, 0.2) is 0 Å². The number of hydrogen-bond donors (Lipinski definition) is 1. The minimum Gasteiger partial charge on any atom is -0.314 e. The summed E-state index contributed by atoms with van der Waals surface area (Å²) in [4.78, 5) is 4.32. The maximum absolute atomic E-state index is 4.32. The van der Waals surface area contributed by atoms with E-state index in [-0.39, 0.29) is 0 Å². The van der Waals surface area contributed by atoms with Gasteiger partial charge in [0.05, 0.1) is 0 Å². The molecule has 1 aromatic rings. The molecular formula is C13H20N2. The van der Waals surface area contributed by atoms with Gasteiger partial charge in [0.25, 0.3) is 0 Å². The van der Waals surface area contributed by atoms with E-state index in [1.807, 2.05) is 12.3 Å². The molecule has 0 unspecified atom stereocenters. The summed E-state index contributed by atoms with van der Waals surface area (Å²) in [6.45, 7) is 3.41. The molecule has 0 bridgehead atoms. The third kappa shape index (κ3) is 3.31. The first-order chi connectivity index (χ1) is 7.34. The van der Waals surface area contributed by atoms with E-state index in [0.717, 1.165) is 24.9 Å². The SMILES string of the molecule is C[C@@H]1CC[C@@H](NCCc2ccccn2)C1. The van der Waals surface area contributed by atoms with Crippen LogP contribution in [0.2, 0.25) is 0 Å². The lowest BCUT2D eigenvalue weighted by molar-refractivity contribution is 0.504. The highest BCUT2D eigenvalue weighted by atomic mass is 14.9. The van der Waals surface area contributed by atoms with E-state index in [4.69, 9.17) is 0 Å². The van der Waals surface area contributed by atoms with E-state index < -0.39 is 0 Å². The minimum absolute atomic E-state index is 0.753. The van der Waals surface area contributed by atoms with Crippen molar-refractivity contribution in [2.24, 2.45) is 5.92 Å². The van der Waals surface area contributed by atoms with Crippen LogP contribution in [0.1, 0.15) is 31.9 Å². The summed E-state index contributed by atoms with van der Waals surface area (Å²) >= 11 is 0. The Labute approximate surface area is 92.1 Å². The van der Waals surface area contributed by atoms with Gasteiger partial charge in [0, 0.05) is 30.9 Å². The Kier molecular flexibility index (Phi) is 3.73. The van der Waals surface area contributed by atoms with Crippen molar-refractivity contribution in [2.75, 3.05) is 6.54 Å². The number of nitrogens with one attached hydrogen (secondary N) is 1. The normalized spacial score (nSPS) is 25.7. The summed E-state index contributed by atoms with van der Waals surface area (Å²) in [5, 5.41) is 3.62. The Morgan fingerprint density at radius 3 is 3.00 bits per heavy atom. The second-order valence-electron chi connectivity index (χ2n) is 4.64. The van der Waals surface area contributed by atoms with Gasteiger partial charge in [-0.15, -0.1) is 0 Å². The molecule has 1 fully saturated rings. The zero-order valence-electron chi connectivity index (χ0n) is 9.45. The van der Waals surface area contributed by atoms with Crippen LogP contribution < -0.4 is 5.32 Å². The topological polar surface area (TPSA) is 24.9 Å². The number of pyridine rings is 1. The van der Waals surface area contributed by atoms with Crippen molar-refractivity contribution in [2.45, 2.75) is 38.6 Å². The van der Waals surface area contributed by atoms with Crippen LogP contribution in [0, 0.1) is 5.92 Å². The quantitative estimate of drug-likeness (QED) is 0.814. The Bertz CT molecular complexity index is 284. The van der Waals surface area contributed by atoms with Gasteiger partial charge in [0.2, 0.25) is 0 Å². The average molecular weight is 204 g/mol. The Morgan fingerprint density at radius 2 is 2.33 bits per heavy atom. The van der Waals surface area contributed by atoms with Gasteiger partial charge >= 0.3 is 0 Å². The molecule has 1 heterocycles. The van der Waals surface area contributed by atoms with Crippen molar-refractivity contribution >= 4 is 0 Å². The Balaban J connectivity index is 1.67.